The van der Waals surface area contributed by atoms with Crippen molar-refractivity contribution in [2.45, 2.75) is 103 Å². The molecule has 1 N–H and O–H groups in total. The van der Waals surface area contributed by atoms with Gasteiger partial charge in [-0.05, 0) is 60.9 Å². The molecule has 182 valence electrons. The molecule has 32 heavy (non-hydrogen) atoms. The van der Waals surface area contributed by atoms with E-state index in [0.717, 1.165) is 0 Å². The number of esters is 1. The van der Waals surface area contributed by atoms with Crippen molar-refractivity contribution in [1.82, 2.24) is 5.32 Å². The van der Waals surface area contributed by atoms with Gasteiger partial charge >= 0.3 is 12.1 Å². The molecule has 2 aliphatic heterocycles. The zero-order chi connectivity index (χ0) is 24.3. The summed E-state index contributed by atoms with van der Waals surface area (Å²) in [5.74, 6) is -1.57. The average Bonchev–Trinajstić information content (AvgIpc) is 3.07. The standard InChI is InChI=1S/C20H34N4O8/c1-18(2,3)31-15(25)11(23-17(26)32-19(4,5)6)10-27-16-14-13(29-20(7,8)30-14)12(28-16)9-22-24-21/h11-14,16H,9-10H2,1-8H3,(H,23,26)/t11-,12+,13+,14+,16+/m0/s1. The van der Waals surface area contributed by atoms with Crippen LogP contribution in [-0.2, 0) is 33.2 Å². The molecule has 0 bridgehead atoms. The number of carbonyl (C=O) groups excluding carboxylic acids is 2. The lowest BCUT2D eigenvalue weighted by molar-refractivity contribution is -0.234. The van der Waals surface area contributed by atoms with Gasteiger partial charge in [0.05, 0.1) is 19.3 Å². The van der Waals surface area contributed by atoms with Crippen molar-refractivity contribution < 1.29 is 38.0 Å². The van der Waals surface area contributed by atoms with E-state index in [1.165, 1.54) is 0 Å². The maximum absolute atomic E-state index is 12.7. The second-order valence-corrected chi connectivity index (χ2v) is 10.1. The third kappa shape index (κ3) is 7.79. The molecule has 0 saturated carbocycles. The Balaban J connectivity index is 2.10. The first-order chi connectivity index (χ1) is 14.6. The molecule has 2 heterocycles. The Morgan fingerprint density at radius 1 is 1.09 bits per heavy atom. The topological polar surface area (TPSA) is 150 Å². The van der Waals surface area contributed by atoms with E-state index in [-0.39, 0.29) is 13.2 Å². The summed E-state index contributed by atoms with van der Waals surface area (Å²) in [6, 6.07) is -1.15. The highest BCUT2D eigenvalue weighted by Gasteiger charge is 2.55. The van der Waals surface area contributed by atoms with E-state index in [1.54, 1.807) is 55.4 Å². The zero-order valence-electron chi connectivity index (χ0n) is 19.9. The van der Waals surface area contributed by atoms with Crippen molar-refractivity contribution in [2.24, 2.45) is 5.11 Å². The Bertz CT molecular complexity index is 739. The van der Waals surface area contributed by atoms with Gasteiger partial charge in [-0.25, -0.2) is 9.59 Å². The first-order valence-electron chi connectivity index (χ1n) is 10.5. The lowest BCUT2D eigenvalue weighted by atomic mass is 10.1. The summed E-state index contributed by atoms with van der Waals surface area (Å²) in [6.07, 6.45) is -3.40. The Hall–Kier alpha value is -2.11. The highest BCUT2D eigenvalue weighted by Crippen LogP contribution is 2.39. The molecule has 2 saturated heterocycles. The quantitative estimate of drug-likeness (QED) is 0.265. The van der Waals surface area contributed by atoms with E-state index >= 15 is 0 Å². The molecule has 0 aromatic rings. The molecule has 1 amide bonds. The monoisotopic (exact) mass is 458 g/mol. The molecule has 2 aliphatic rings. The van der Waals surface area contributed by atoms with Gasteiger partial charge in [0.15, 0.2) is 18.1 Å². The smallest absolute Gasteiger partial charge is 0.408 e. The van der Waals surface area contributed by atoms with Gasteiger partial charge in [0.2, 0.25) is 0 Å². The molecule has 12 nitrogen and oxygen atoms in total. The zero-order valence-corrected chi connectivity index (χ0v) is 19.9. The first-order valence-corrected chi connectivity index (χ1v) is 10.5. The minimum atomic E-state index is -1.15. The maximum atomic E-state index is 12.7. The number of nitrogens with one attached hydrogen (secondary N) is 1. The number of ether oxygens (including phenoxy) is 6. The molecule has 12 heteroatoms. The molecule has 2 fully saturated rings. The van der Waals surface area contributed by atoms with Crippen molar-refractivity contribution >= 4 is 12.1 Å². The van der Waals surface area contributed by atoms with E-state index in [1.807, 2.05) is 0 Å². The summed E-state index contributed by atoms with van der Waals surface area (Å²) in [6.45, 7) is 13.5. The summed E-state index contributed by atoms with van der Waals surface area (Å²) in [7, 11) is 0. The molecule has 0 radical (unpaired) electrons. The molecular formula is C20H34N4O8. The van der Waals surface area contributed by atoms with Gasteiger partial charge in [0, 0.05) is 4.91 Å². The third-order valence-corrected chi connectivity index (χ3v) is 4.24. The van der Waals surface area contributed by atoms with Gasteiger partial charge in [-0.1, -0.05) is 5.11 Å². The highest BCUT2D eigenvalue weighted by molar-refractivity contribution is 5.81. The fourth-order valence-electron chi connectivity index (χ4n) is 3.22. The van der Waals surface area contributed by atoms with E-state index in [2.05, 4.69) is 15.3 Å². The van der Waals surface area contributed by atoms with Crippen molar-refractivity contribution in [2.75, 3.05) is 13.2 Å². The average molecular weight is 459 g/mol. The molecule has 5 atom stereocenters. The highest BCUT2D eigenvalue weighted by atomic mass is 16.8. The van der Waals surface area contributed by atoms with Crippen molar-refractivity contribution in [3.8, 4) is 0 Å². The molecular weight excluding hydrogens is 424 g/mol. The minimum absolute atomic E-state index is 0.0304. The van der Waals surface area contributed by atoms with Crippen LogP contribution in [0.2, 0.25) is 0 Å². The predicted molar refractivity (Wildman–Crippen MR) is 111 cm³/mol. The van der Waals surface area contributed by atoms with Crippen molar-refractivity contribution in [3.63, 3.8) is 0 Å². The summed E-state index contributed by atoms with van der Waals surface area (Å²) in [5, 5.41) is 6.04. The van der Waals surface area contributed by atoms with Crippen LogP contribution in [-0.4, -0.2) is 72.8 Å². The largest absolute Gasteiger partial charge is 0.458 e. The lowest BCUT2D eigenvalue weighted by Gasteiger charge is -2.28. The molecule has 2 rings (SSSR count). The number of alkyl carbamates (subject to hydrolysis) is 1. The number of hydrogen-bond acceptors (Lipinski definition) is 9. The predicted octanol–water partition coefficient (Wildman–Crippen LogP) is 2.79. The number of carbonyl (C=O) groups is 2. The van der Waals surface area contributed by atoms with Crippen LogP contribution >= 0.6 is 0 Å². The Morgan fingerprint density at radius 2 is 1.69 bits per heavy atom. The Labute approximate surface area is 187 Å². The van der Waals surface area contributed by atoms with Gasteiger partial charge < -0.3 is 33.7 Å². The number of azide groups is 1. The van der Waals surface area contributed by atoms with Gasteiger partial charge in [0.25, 0.3) is 0 Å². The van der Waals surface area contributed by atoms with Crippen molar-refractivity contribution in [3.05, 3.63) is 10.4 Å². The Morgan fingerprint density at radius 3 is 2.25 bits per heavy atom. The number of nitrogens with zero attached hydrogens (tertiary/aromatic N) is 3. The van der Waals surface area contributed by atoms with Crippen LogP contribution in [0.25, 0.3) is 10.4 Å². The maximum Gasteiger partial charge on any atom is 0.408 e. The summed E-state index contributed by atoms with van der Waals surface area (Å²) in [4.78, 5) is 27.7. The van der Waals surface area contributed by atoms with Crippen LogP contribution < -0.4 is 5.32 Å². The number of amides is 1. The van der Waals surface area contributed by atoms with Gasteiger partial charge in [0.1, 0.15) is 23.4 Å². The van der Waals surface area contributed by atoms with Crippen LogP contribution in [0.1, 0.15) is 55.4 Å². The van der Waals surface area contributed by atoms with Crippen LogP contribution in [0.5, 0.6) is 0 Å². The second-order valence-electron chi connectivity index (χ2n) is 10.1. The number of fused-ring (bicyclic) bond motifs is 1. The van der Waals surface area contributed by atoms with E-state index in [4.69, 9.17) is 34.0 Å². The van der Waals surface area contributed by atoms with Crippen LogP contribution in [0.15, 0.2) is 5.11 Å². The first kappa shape index (κ1) is 26.1. The minimum Gasteiger partial charge on any atom is -0.458 e. The van der Waals surface area contributed by atoms with E-state index < -0.39 is 59.7 Å². The molecule has 0 aliphatic carbocycles. The fourth-order valence-corrected chi connectivity index (χ4v) is 3.22. The van der Waals surface area contributed by atoms with Crippen LogP contribution in [0, 0.1) is 0 Å². The molecule has 0 aromatic heterocycles. The molecule has 0 unspecified atom stereocenters. The second kappa shape index (κ2) is 9.80. The number of hydrogen-bond donors (Lipinski definition) is 1. The number of rotatable bonds is 7. The van der Waals surface area contributed by atoms with E-state index in [0.29, 0.717) is 0 Å². The van der Waals surface area contributed by atoms with Crippen LogP contribution in [0.3, 0.4) is 0 Å². The summed E-state index contributed by atoms with van der Waals surface area (Å²) in [5.41, 5.74) is 7.11. The van der Waals surface area contributed by atoms with Gasteiger partial charge in [-0.2, -0.15) is 0 Å². The van der Waals surface area contributed by atoms with Gasteiger partial charge in [-0.15, -0.1) is 0 Å². The fraction of sp³-hybridized carbons (Fsp3) is 0.900. The van der Waals surface area contributed by atoms with Crippen molar-refractivity contribution in [1.29, 1.82) is 0 Å². The Kier molecular flexibility index (Phi) is 8.01. The van der Waals surface area contributed by atoms with Crippen LogP contribution in [0.4, 0.5) is 4.79 Å². The molecule has 0 aromatic carbocycles. The third-order valence-electron chi connectivity index (χ3n) is 4.24. The van der Waals surface area contributed by atoms with Gasteiger partial charge in [-0.3, -0.25) is 0 Å². The SMILES string of the molecule is CC(C)(C)OC(=O)N[C@@H](CO[C@@H]1O[C@H](CN=[N+]=[N-])[C@H]2OC(C)(C)O[C@@H]12)C(=O)OC(C)(C)C. The summed E-state index contributed by atoms with van der Waals surface area (Å²) < 4.78 is 34.0. The van der Waals surface area contributed by atoms with E-state index in [9.17, 15) is 9.59 Å². The lowest BCUT2D eigenvalue weighted by Crippen LogP contribution is -2.49. The summed E-state index contributed by atoms with van der Waals surface area (Å²) >= 11 is 0. The normalized spacial score (nSPS) is 27.8. The molecule has 0 spiro atoms.